The van der Waals surface area contributed by atoms with Crippen molar-refractivity contribution >= 4 is 43.5 Å². The van der Waals surface area contributed by atoms with Gasteiger partial charge in [0.05, 0.1) is 6.04 Å². The average molecular weight is 422 g/mol. The Kier molecular flexibility index (Phi) is 5.61. The summed E-state index contributed by atoms with van der Waals surface area (Å²) in [6.45, 7) is 2.73. The molecule has 1 atom stereocenters. The van der Waals surface area contributed by atoms with Crippen LogP contribution in [0.1, 0.15) is 24.1 Å². The average Bonchev–Trinajstić information content (AvgIpc) is 2.37. The van der Waals surface area contributed by atoms with Crippen LogP contribution in [-0.4, -0.2) is 6.54 Å². The predicted octanol–water partition coefficient (Wildman–Crippen LogP) is 5.70. The van der Waals surface area contributed by atoms with Gasteiger partial charge in [-0.15, -0.1) is 0 Å². The lowest BCUT2D eigenvalue weighted by molar-refractivity contribution is 0.558. The van der Waals surface area contributed by atoms with Crippen molar-refractivity contribution in [3.8, 4) is 0 Å². The molecule has 1 N–H and O–H groups in total. The first kappa shape index (κ1) is 16.0. The third-order valence-electron chi connectivity index (χ3n) is 2.96. The molecule has 0 aromatic heterocycles. The topological polar surface area (TPSA) is 12.0 Å². The first-order valence-electron chi connectivity index (χ1n) is 6.16. The molecule has 1 nitrogen and oxygen atoms in total. The van der Waals surface area contributed by atoms with Crippen LogP contribution >= 0.6 is 43.5 Å². The summed E-state index contributed by atoms with van der Waals surface area (Å²) >= 11 is 12.8. The minimum atomic E-state index is -0.307. The monoisotopic (exact) mass is 419 g/mol. The molecule has 0 spiro atoms. The first-order chi connectivity index (χ1) is 9.52. The van der Waals surface area contributed by atoms with Crippen LogP contribution in [-0.2, 0) is 0 Å². The van der Waals surface area contributed by atoms with Crippen LogP contribution in [0.4, 0.5) is 4.39 Å². The van der Waals surface area contributed by atoms with Crippen LogP contribution in [0.15, 0.2) is 45.3 Å². The van der Waals surface area contributed by atoms with Crippen molar-refractivity contribution < 1.29 is 4.39 Å². The van der Waals surface area contributed by atoms with E-state index < -0.39 is 0 Å². The molecule has 20 heavy (non-hydrogen) atoms. The van der Waals surface area contributed by atoms with Gasteiger partial charge in [-0.1, -0.05) is 62.5 Å². The molecule has 0 aliphatic heterocycles. The molecule has 0 saturated heterocycles. The lowest BCUT2D eigenvalue weighted by atomic mass is 9.98. The van der Waals surface area contributed by atoms with Gasteiger partial charge in [0.15, 0.2) is 0 Å². The molecule has 2 aromatic carbocycles. The maximum atomic E-state index is 14.2. The molecule has 106 valence electrons. The summed E-state index contributed by atoms with van der Waals surface area (Å²) < 4.78 is 16.1. The van der Waals surface area contributed by atoms with E-state index in [1.54, 1.807) is 12.1 Å². The SMILES string of the molecule is CCNC(c1ccc(Cl)cc1F)c1ccc(Br)cc1Br. The van der Waals surface area contributed by atoms with Gasteiger partial charge in [0.2, 0.25) is 0 Å². The third kappa shape index (κ3) is 3.61. The Hall–Kier alpha value is -0.420. The molecule has 5 heteroatoms. The maximum absolute atomic E-state index is 14.2. The molecule has 0 amide bonds. The minimum absolute atomic E-state index is 0.222. The summed E-state index contributed by atoms with van der Waals surface area (Å²) in [5.41, 5.74) is 1.57. The van der Waals surface area contributed by atoms with Crippen LogP contribution in [0, 0.1) is 5.82 Å². The lowest BCUT2D eigenvalue weighted by Crippen LogP contribution is -2.23. The van der Waals surface area contributed by atoms with E-state index in [0.717, 1.165) is 21.1 Å². The maximum Gasteiger partial charge on any atom is 0.129 e. The van der Waals surface area contributed by atoms with Crippen LogP contribution in [0.3, 0.4) is 0 Å². The minimum Gasteiger partial charge on any atom is -0.306 e. The summed E-state index contributed by atoms with van der Waals surface area (Å²) in [5.74, 6) is -0.307. The van der Waals surface area contributed by atoms with Crippen LogP contribution in [0.5, 0.6) is 0 Å². The molecule has 2 rings (SSSR count). The van der Waals surface area contributed by atoms with E-state index in [9.17, 15) is 4.39 Å². The van der Waals surface area contributed by atoms with E-state index in [1.165, 1.54) is 6.07 Å². The number of nitrogens with one attached hydrogen (secondary N) is 1. The Bertz CT molecular complexity index is 567. The molecule has 2 aromatic rings. The molecule has 0 saturated carbocycles. The molecule has 0 heterocycles. The Morgan fingerprint density at radius 2 is 1.85 bits per heavy atom. The Morgan fingerprint density at radius 1 is 1.15 bits per heavy atom. The van der Waals surface area contributed by atoms with Gasteiger partial charge in [-0.2, -0.15) is 0 Å². The fraction of sp³-hybridized carbons (Fsp3) is 0.200. The predicted molar refractivity (Wildman–Crippen MR) is 88.8 cm³/mol. The molecule has 0 radical (unpaired) electrons. The Labute approximate surface area is 139 Å². The van der Waals surface area contributed by atoms with Crippen LogP contribution in [0.25, 0.3) is 0 Å². The highest BCUT2D eigenvalue weighted by atomic mass is 79.9. The molecule has 1 unspecified atom stereocenters. The normalized spacial score (nSPS) is 12.4. The Morgan fingerprint density at radius 3 is 2.45 bits per heavy atom. The highest BCUT2D eigenvalue weighted by molar-refractivity contribution is 9.11. The quantitative estimate of drug-likeness (QED) is 0.667. The second kappa shape index (κ2) is 7.03. The summed E-state index contributed by atoms with van der Waals surface area (Å²) in [4.78, 5) is 0. The zero-order chi connectivity index (χ0) is 14.7. The van der Waals surface area contributed by atoms with Crippen molar-refractivity contribution in [2.24, 2.45) is 0 Å². The molecule has 0 bridgehead atoms. The molecular formula is C15H13Br2ClFN. The molecule has 0 aliphatic rings. The smallest absolute Gasteiger partial charge is 0.129 e. The van der Waals surface area contributed by atoms with Gasteiger partial charge in [0.25, 0.3) is 0 Å². The van der Waals surface area contributed by atoms with Gasteiger partial charge < -0.3 is 5.32 Å². The van der Waals surface area contributed by atoms with Gasteiger partial charge >= 0.3 is 0 Å². The second-order valence-corrected chi connectivity index (χ2v) is 6.53. The van der Waals surface area contributed by atoms with Crippen molar-refractivity contribution in [2.75, 3.05) is 6.54 Å². The first-order valence-corrected chi connectivity index (χ1v) is 8.12. The van der Waals surface area contributed by atoms with Crippen molar-refractivity contribution in [1.82, 2.24) is 5.32 Å². The lowest BCUT2D eigenvalue weighted by Gasteiger charge is -2.21. The van der Waals surface area contributed by atoms with Crippen LogP contribution < -0.4 is 5.32 Å². The second-order valence-electron chi connectivity index (χ2n) is 4.32. The van der Waals surface area contributed by atoms with Crippen molar-refractivity contribution in [1.29, 1.82) is 0 Å². The van der Waals surface area contributed by atoms with E-state index in [4.69, 9.17) is 11.6 Å². The number of halogens is 4. The van der Waals surface area contributed by atoms with Gasteiger partial charge in [0, 0.05) is 19.5 Å². The van der Waals surface area contributed by atoms with E-state index in [-0.39, 0.29) is 11.9 Å². The van der Waals surface area contributed by atoms with Gasteiger partial charge in [-0.25, -0.2) is 4.39 Å². The number of hydrogen-bond donors (Lipinski definition) is 1. The number of benzene rings is 2. The van der Waals surface area contributed by atoms with Gasteiger partial charge in [-0.05, 0) is 36.4 Å². The van der Waals surface area contributed by atoms with E-state index in [1.807, 2.05) is 25.1 Å². The fourth-order valence-electron chi connectivity index (χ4n) is 2.06. The van der Waals surface area contributed by atoms with Gasteiger partial charge in [-0.3, -0.25) is 0 Å². The highest BCUT2D eigenvalue weighted by Crippen LogP contribution is 2.32. The molecular weight excluding hydrogens is 408 g/mol. The van der Waals surface area contributed by atoms with Crippen molar-refractivity contribution in [3.63, 3.8) is 0 Å². The summed E-state index contributed by atoms with van der Waals surface area (Å²) in [7, 11) is 0. The number of hydrogen-bond acceptors (Lipinski definition) is 1. The zero-order valence-corrected chi connectivity index (χ0v) is 14.7. The summed E-state index contributed by atoms with van der Waals surface area (Å²) in [5, 5.41) is 3.71. The summed E-state index contributed by atoms with van der Waals surface area (Å²) in [6.07, 6.45) is 0. The third-order valence-corrected chi connectivity index (χ3v) is 4.37. The largest absolute Gasteiger partial charge is 0.306 e. The van der Waals surface area contributed by atoms with E-state index >= 15 is 0 Å². The van der Waals surface area contributed by atoms with E-state index in [2.05, 4.69) is 37.2 Å². The van der Waals surface area contributed by atoms with Crippen LogP contribution in [0.2, 0.25) is 5.02 Å². The number of rotatable bonds is 4. The Balaban J connectivity index is 2.50. The molecule has 0 aliphatic carbocycles. The highest BCUT2D eigenvalue weighted by Gasteiger charge is 2.19. The fourth-order valence-corrected chi connectivity index (χ4v) is 3.50. The zero-order valence-electron chi connectivity index (χ0n) is 10.8. The summed E-state index contributed by atoms with van der Waals surface area (Å²) in [6, 6.07) is 10.4. The molecule has 0 fully saturated rings. The van der Waals surface area contributed by atoms with Crippen molar-refractivity contribution in [2.45, 2.75) is 13.0 Å². The van der Waals surface area contributed by atoms with Crippen molar-refractivity contribution in [3.05, 3.63) is 67.3 Å². The van der Waals surface area contributed by atoms with E-state index in [0.29, 0.717) is 10.6 Å². The van der Waals surface area contributed by atoms with Gasteiger partial charge in [0.1, 0.15) is 5.82 Å². The standard InChI is InChI=1S/C15H13Br2ClFN/c1-2-20-15(11-5-3-9(16)7-13(11)17)12-6-4-10(18)8-14(12)19/h3-8,15,20H,2H2,1H3.